The van der Waals surface area contributed by atoms with Gasteiger partial charge in [0, 0.05) is 17.9 Å². The molecular weight excluding hydrogens is 272 g/mol. The highest BCUT2D eigenvalue weighted by atomic mass is 32.2. The summed E-state index contributed by atoms with van der Waals surface area (Å²) in [4.78, 5) is 25.1. The Bertz CT molecular complexity index is 522. The summed E-state index contributed by atoms with van der Waals surface area (Å²) in [5.74, 6) is -1.20. The lowest BCUT2D eigenvalue weighted by Crippen LogP contribution is -2.14. The maximum Gasteiger partial charge on any atom is 0.354 e. The number of aromatic carboxylic acids is 1. The molecule has 1 aromatic rings. The third-order valence-electron chi connectivity index (χ3n) is 2.83. The Morgan fingerprint density at radius 2 is 2.37 bits per heavy atom. The fourth-order valence-corrected chi connectivity index (χ4v) is 2.97. The van der Waals surface area contributed by atoms with E-state index < -0.39 is 10.9 Å². The molecule has 2 atom stereocenters. The lowest BCUT2D eigenvalue weighted by molar-refractivity contribution is -0.388. The van der Waals surface area contributed by atoms with Crippen LogP contribution in [0.1, 0.15) is 23.8 Å². The molecule has 19 heavy (non-hydrogen) atoms. The van der Waals surface area contributed by atoms with Gasteiger partial charge in [-0.05, 0) is 19.4 Å². The Kier molecular flexibility index (Phi) is 4.01. The van der Waals surface area contributed by atoms with Crippen LogP contribution in [-0.2, 0) is 4.74 Å². The first-order valence-electron chi connectivity index (χ1n) is 5.66. The van der Waals surface area contributed by atoms with Crippen molar-refractivity contribution in [2.75, 3.05) is 6.61 Å². The van der Waals surface area contributed by atoms with Crippen LogP contribution in [0, 0.1) is 10.1 Å². The van der Waals surface area contributed by atoms with E-state index in [2.05, 4.69) is 4.98 Å². The maximum atomic E-state index is 10.9. The van der Waals surface area contributed by atoms with E-state index in [1.807, 2.05) is 6.92 Å². The molecule has 1 fully saturated rings. The zero-order chi connectivity index (χ0) is 14.0. The second kappa shape index (κ2) is 5.54. The van der Waals surface area contributed by atoms with Gasteiger partial charge in [0.1, 0.15) is 5.69 Å². The highest BCUT2D eigenvalue weighted by Gasteiger charge is 2.29. The molecule has 1 aliphatic rings. The summed E-state index contributed by atoms with van der Waals surface area (Å²) in [6, 6.07) is 2.32. The number of thioether (sulfide) groups is 1. The summed E-state index contributed by atoms with van der Waals surface area (Å²) in [5.41, 5.74) is -0.367. The number of carboxylic acid groups (broad SMARTS) is 1. The number of hydrogen-bond acceptors (Lipinski definition) is 6. The number of ether oxygens (including phenoxy) is 1. The molecule has 1 aliphatic heterocycles. The molecule has 0 aromatic carbocycles. The van der Waals surface area contributed by atoms with E-state index in [-0.39, 0.29) is 27.8 Å². The minimum Gasteiger partial charge on any atom is -0.477 e. The molecule has 8 heteroatoms. The van der Waals surface area contributed by atoms with Crippen LogP contribution in [0.4, 0.5) is 5.69 Å². The van der Waals surface area contributed by atoms with E-state index in [0.717, 1.165) is 12.5 Å². The largest absolute Gasteiger partial charge is 0.477 e. The molecule has 1 aromatic heterocycles. The molecule has 102 valence electrons. The van der Waals surface area contributed by atoms with Gasteiger partial charge in [-0.15, -0.1) is 0 Å². The molecule has 1 N–H and O–H groups in total. The first-order chi connectivity index (χ1) is 8.99. The summed E-state index contributed by atoms with van der Waals surface area (Å²) >= 11 is 1.20. The van der Waals surface area contributed by atoms with Gasteiger partial charge in [-0.25, -0.2) is 9.78 Å². The highest BCUT2D eigenvalue weighted by Crippen LogP contribution is 2.36. The quantitative estimate of drug-likeness (QED) is 0.665. The molecule has 1 saturated heterocycles. The molecule has 2 rings (SSSR count). The first kappa shape index (κ1) is 13.8. The highest BCUT2D eigenvalue weighted by molar-refractivity contribution is 8.00. The lowest BCUT2D eigenvalue weighted by atomic mass is 10.3. The predicted molar refractivity (Wildman–Crippen MR) is 67.5 cm³/mol. The molecule has 0 aliphatic carbocycles. The van der Waals surface area contributed by atoms with Crippen LogP contribution in [0.3, 0.4) is 0 Å². The molecule has 0 bridgehead atoms. The van der Waals surface area contributed by atoms with Gasteiger partial charge in [0.15, 0.2) is 5.03 Å². The van der Waals surface area contributed by atoms with Gasteiger partial charge in [-0.1, -0.05) is 11.8 Å². The van der Waals surface area contributed by atoms with E-state index in [1.165, 1.54) is 17.8 Å². The molecule has 2 heterocycles. The van der Waals surface area contributed by atoms with Crippen molar-refractivity contribution < 1.29 is 19.6 Å². The van der Waals surface area contributed by atoms with Gasteiger partial charge in [0.05, 0.1) is 11.0 Å². The van der Waals surface area contributed by atoms with Gasteiger partial charge in [0.25, 0.3) is 0 Å². The monoisotopic (exact) mass is 284 g/mol. The minimum atomic E-state index is -1.20. The third-order valence-corrected chi connectivity index (χ3v) is 4.27. The van der Waals surface area contributed by atoms with Crippen molar-refractivity contribution in [2.24, 2.45) is 0 Å². The summed E-state index contributed by atoms with van der Waals surface area (Å²) in [7, 11) is 0. The summed E-state index contributed by atoms with van der Waals surface area (Å²) in [6.45, 7) is 2.49. The van der Waals surface area contributed by atoms with Gasteiger partial charge < -0.3 is 9.84 Å². The normalized spacial score (nSPS) is 22.4. The van der Waals surface area contributed by atoms with E-state index in [9.17, 15) is 14.9 Å². The zero-order valence-electron chi connectivity index (χ0n) is 10.1. The van der Waals surface area contributed by atoms with Crippen molar-refractivity contribution in [3.63, 3.8) is 0 Å². The third kappa shape index (κ3) is 3.02. The first-order valence-corrected chi connectivity index (χ1v) is 6.54. The Balaban J connectivity index is 2.32. The fourth-order valence-electron chi connectivity index (χ4n) is 1.79. The van der Waals surface area contributed by atoms with Crippen LogP contribution in [0.5, 0.6) is 0 Å². The Morgan fingerprint density at radius 1 is 1.63 bits per heavy atom. The topological polar surface area (TPSA) is 103 Å². The Hall–Kier alpha value is -1.67. The van der Waals surface area contributed by atoms with Crippen LogP contribution in [-0.4, -0.2) is 38.9 Å². The SMILES string of the molecule is CC1OCCC1Sc1nc(C(=O)O)ccc1[N+](=O)[O-]. The van der Waals surface area contributed by atoms with Crippen molar-refractivity contribution in [3.8, 4) is 0 Å². The lowest BCUT2D eigenvalue weighted by Gasteiger charge is -2.12. The average Bonchev–Trinajstić information content (AvgIpc) is 2.74. The Labute approximate surface area is 113 Å². The number of nitro groups is 1. The van der Waals surface area contributed by atoms with E-state index in [1.54, 1.807) is 0 Å². The molecule has 0 saturated carbocycles. The Morgan fingerprint density at radius 3 is 2.89 bits per heavy atom. The number of nitrogens with zero attached hydrogens (tertiary/aromatic N) is 2. The molecule has 0 spiro atoms. The number of carbonyl (C=O) groups is 1. The van der Waals surface area contributed by atoms with E-state index in [0.29, 0.717) is 6.61 Å². The van der Waals surface area contributed by atoms with Crippen LogP contribution in [0.15, 0.2) is 17.2 Å². The molecule has 7 nitrogen and oxygen atoms in total. The summed E-state index contributed by atoms with van der Waals surface area (Å²) in [5, 5.41) is 20.0. The minimum absolute atomic E-state index is 0.0279. The van der Waals surface area contributed by atoms with Crippen molar-refractivity contribution in [1.82, 2.24) is 4.98 Å². The van der Waals surface area contributed by atoms with Crippen LogP contribution >= 0.6 is 11.8 Å². The van der Waals surface area contributed by atoms with Gasteiger partial charge in [-0.2, -0.15) is 0 Å². The maximum absolute atomic E-state index is 10.9. The van der Waals surface area contributed by atoms with Crippen molar-refractivity contribution in [3.05, 3.63) is 27.9 Å². The predicted octanol–water partition coefficient (Wildman–Crippen LogP) is 1.96. The standard InChI is InChI=1S/C11H12N2O5S/c1-6-9(4-5-18-6)19-10-8(13(16)17)3-2-7(12-10)11(14)15/h2-3,6,9H,4-5H2,1H3,(H,14,15). The molecule has 0 amide bonds. The van der Waals surface area contributed by atoms with Crippen molar-refractivity contribution >= 4 is 23.4 Å². The molecular formula is C11H12N2O5S. The van der Waals surface area contributed by atoms with E-state index in [4.69, 9.17) is 9.84 Å². The average molecular weight is 284 g/mol. The van der Waals surface area contributed by atoms with Gasteiger partial charge in [-0.3, -0.25) is 10.1 Å². The van der Waals surface area contributed by atoms with Crippen LogP contribution in [0.25, 0.3) is 0 Å². The van der Waals surface area contributed by atoms with E-state index >= 15 is 0 Å². The van der Waals surface area contributed by atoms with Crippen molar-refractivity contribution in [1.29, 1.82) is 0 Å². The van der Waals surface area contributed by atoms with Gasteiger partial charge >= 0.3 is 11.7 Å². The zero-order valence-corrected chi connectivity index (χ0v) is 10.9. The summed E-state index contributed by atoms with van der Waals surface area (Å²) < 4.78 is 5.38. The van der Waals surface area contributed by atoms with Crippen LogP contribution < -0.4 is 0 Å². The number of pyridine rings is 1. The van der Waals surface area contributed by atoms with Crippen LogP contribution in [0.2, 0.25) is 0 Å². The second-order valence-corrected chi connectivity index (χ2v) is 5.33. The molecule has 2 unspecified atom stereocenters. The van der Waals surface area contributed by atoms with Crippen molar-refractivity contribution in [2.45, 2.75) is 29.7 Å². The number of hydrogen-bond donors (Lipinski definition) is 1. The second-order valence-electron chi connectivity index (χ2n) is 4.10. The van der Waals surface area contributed by atoms with Gasteiger partial charge in [0.2, 0.25) is 0 Å². The molecule has 0 radical (unpaired) electrons. The fraction of sp³-hybridized carbons (Fsp3) is 0.455. The number of carboxylic acids is 1. The number of aromatic nitrogens is 1. The summed E-state index contributed by atoms with van der Waals surface area (Å²) in [6.07, 6.45) is 0.738. The number of rotatable bonds is 4. The smallest absolute Gasteiger partial charge is 0.354 e.